The fourth-order valence-corrected chi connectivity index (χ4v) is 4.60. The Balaban J connectivity index is 1.64. The van der Waals surface area contributed by atoms with Crippen molar-refractivity contribution in [2.45, 2.75) is 0 Å². The van der Waals surface area contributed by atoms with Crippen LogP contribution in [0.25, 0.3) is 55.7 Å². The van der Waals surface area contributed by atoms with E-state index in [0.717, 1.165) is 44.9 Å². The fraction of sp³-hybridized carbons (Fsp3) is 0. The molecule has 3 aromatic carbocycles. The van der Waals surface area contributed by atoms with Gasteiger partial charge in [-0.25, -0.2) is 9.97 Å². The summed E-state index contributed by atoms with van der Waals surface area (Å²) in [6.45, 7) is 0. The molecule has 0 saturated carbocycles. The Morgan fingerprint density at radius 3 is 2.50 bits per heavy atom. The summed E-state index contributed by atoms with van der Waals surface area (Å²) in [5.74, 6) is 1.69. The lowest BCUT2D eigenvalue weighted by molar-refractivity contribution is 1.04. The third-order valence-electron chi connectivity index (χ3n) is 6.01. The highest BCUT2D eigenvalue weighted by Gasteiger charge is 2.19. The molecule has 0 saturated heterocycles. The van der Waals surface area contributed by atoms with Crippen molar-refractivity contribution in [3.63, 3.8) is 0 Å². The van der Waals surface area contributed by atoms with E-state index in [4.69, 9.17) is 9.97 Å². The van der Waals surface area contributed by atoms with Gasteiger partial charge in [0.2, 0.25) is 5.78 Å². The van der Waals surface area contributed by atoms with Gasteiger partial charge in [0.15, 0.2) is 0 Å². The number of rotatable bonds is 2. The molecule has 4 heterocycles. The van der Waals surface area contributed by atoms with E-state index in [1.807, 2.05) is 42.6 Å². The van der Waals surface area contributed by atoms with E-state index in [1.54, 1.807) is 6.20 Å². The molecule has 5 nitrogen and oxygen atoms in total. The first-order valence-electron chi connectivity index (χ1n) is 10.6. The first kappa shape index (κ1) is 17.2. The van der Waals surface area contributed by atoms with Gasteiger partial charge < -0.3 is 0 Å². The third-order valence-corrected chi connectivity index (χ3v) is 6.01. The molecule has 32 heavy (non-hydrogen) atoms. The SMILES string of the molecule is c1cncc(-c2cccc(-n3c4ccc5ccccc5c4n4c5ccccc5nc34)n2)c1. The highest BCUT2D eigenvalue weighted by molar-refractivity contribution is 6.08. The molecule has 150 valence electrons. The Labute approximate surface area is 183 Å². The van der Waals surface area contributed by atoms with Gasteiger partial charge in [0.1, 0.15) is 5.82 Å². The van der Waals surface area contributed by atoms with Gasteiger partial charge in [-0.2, -0.15) is 0 Å². The number of imidazole rings is 2. The molecule has 0 bridgehead atoms. The van der Waals surface area contributed by atoms with E-state index < -0.39 is 0 Å². The lowest BCUT2D eigenvalue weighted by Gasteiger charge is -2.07. The van der Waals surface area contributed by atoms with Crippen LogP contribution < -0.4 is 0 Å². The van der Waals surface area contributed by atoms with Crippen molar-refractivity contribution in [3.8, 4) is 17.1 Å². The quantitative estimate of drug-likeness (QED) is 0.348. The van der Waals surface area contributed by atoms with Crippen LogP contribution in [0.2, 0.25) is 0 Å². The van der Waals surface area contributed by atoms with Gasteiger partial charge in [0.05, 0.1) is 27.8 Å². The highest BCUT2D eigenvalue weighted by atomic mass is 15.2. The number of fused-ring (bicyclic) bond motifs is 7. The maximum absolute atomic E-state index is 5.01. The van der Waals surface area contributed by atoms with Crippen molar-refractivity contribution < 1.29 is 0 Å². The van der Waals surface area contributed by atoms with Crippen molar-refractivity contribution in [3.05, 3.63) is 103 Å². The van der Waals surface area contributed by atoms with E-state index in [1.165, 1.54) is 10.8 Å². The number of aromatic nitrogens is 5. The van der Waals surface area contributed by atoms with E-state index in [2.05, 4.69) is 68.5 Å². The van der Waals surface area contributed by atoms with Crippen molar-refractivity contribution >= 4 is 38.6 Å². The van der Waals surface area contributed by atoms with E-state index >= 15 is 0 Å². The molecular weight excluding hydrogens is 394 g/mol. The topological polar surface area (TPSA) is 48.0 Å². The number of hydrogen-bond acceptors (Lipinski definition) is 3. The first-order valence-corrected chi connectivity index (χ1v) is 10.6. The van der Waals surface area contributed by atoms with Crippen molar-refractivity contribution in [2.75, 3.05) is 0 Å². The molecule has 5 heteroatoms. The van der Waals surface area contributed by atoms with E-state index in [0.29, 0.717) is 0 Å². The fourth-order valence-electron chi connectivity index (χ4n) is 4.60. The molecule has 0 amide bonds. The maximum Gasteiger partial charge on any atom is 0.221 e. The van der Waals surface area contributed by atoms with Gasteiger partial charge in [0, 0.05) is 23.3 Å². The van der Waals surface area contributed by atoms with Crippen molar-refractivity contribution in [2.24, 2.45) is 0 Å². The van der Waals surface area contributed by atoms with Gasteiger partial charge in [-0.1, -0.05) is 48.5 Å². The number of benzene rings is 3. The van der Waals surface area contributed by atoms with Crippen LogP contribution in [0.1, 0.15) is 0 Å². The van der Waals surface area contributed by atoms with E-state index in [-0.39, 0.29) is 0 Å². The smallest absolute Gasteiger partial charge is 0.221 e. The molecule has 0 radical (unpaired) electrons. The predicted octanol–water partition coefficient (Wildman–Crippen LogP) is 6.04. The lowest BCUT2D eigenvalue weighted by Crippen LogP contribution is -1.99. The highest BCUT2D eigenvalue weighted by Crippen LogP contribution is 2.33. The molecule has 0 aliphatic heterocycles. The van der Waals surface area contributed by atoms with Gasteiger partial charge in [-0.05, 0) is 47.9 Å². The van der Waals surface area contributed by atoms with Gasteiger partial charge in [0.25, 0.3) is 0 Å². The molecule has 0 atom stereocenters. The minimum absolute atomic E-state index is 0.831. The number of para-hydroxylation sites is 2. The summed E-state index contributed by atoms with van der Waals surface area (Å²) in [6.07, 6.45) is 3.62. The molecule has 0 spiro atoms. The molecule has 0 aliphatic rings. The minimum atomic E-state index is 0.831. The minimum Gasteiger partial charge on any atom is -0.275 e. The largest absolute Gasteiger partial charge is 0.275 e. The Hall–Kier alpha value is -4.51. The zero-order valence-corrected chi connectivity index (χ0v) is 17.1. The van der Waals surface area contributed by atoms with Crippen LogP contribution in [0.4, 0.5) is 0 Å². The summed E-state index contributed by atoms with van der Waals surface area (Å²) in [4.78, 5) is 14.3. The lowest BCUT2D eigenvalue weighted by atomic mass is 10.1. The Morgan fingerprint density at radius 1 is 0.656 bits per heavy atom. The third kappa shape index (κ3) is 2.36. The second-order valence-corrected chi connectivity index (χ2v) is 7.85. The van der Waals surface area contributed by atoms with Crippen molar-refractivity contribution in [1.82, 2.24) is 23.9 Å². The summed E-state index contributed by atoms with van der Waals surface area (Å²) in [5, 5.41) is 2.40. The molecule has 7 rings (SSSR count). The normalized spacial score (nSPS) is 11.8. The maximum atomic E-state index is 5.01. The Morgan fingerprint density at radius 2 is 1.56 bits per heavy atom. The van der Waals surface area contributed by atoms with Crippen LogP contribution in [0.15, 0.2) is 103 Å². The monoisotopic (exact) mass is 411 g/mol. The number of nitrogens with zero attached hydrogens (tertiary/aromatic N) is 5. The summed E-state index contributed by atoms with van der Waals surface area (Å²) in [7, 11) is 0. The summed E-state index contributed by atoms with van der Waals surface area (Å²) in [5.41, 5.74) is 6.14. The number of pyridine rings is 2. The summed E-state index contributed by atoms with van der Waals surface area (Å²) >= 11 is 0. The Kier molecular flexibility index (Phi) is 3.49. The molecule has 7 aromatic rings. The zero-order valence-electron chi connectivity index (χ0n) is 17.1. The molecular formula is C27H17N5. The predicted molar refractivity (Wildman–Crippen MR) is 128 cm³/mol. The van der Waals surface area contributed by atoms with Gasteiger partial charge >= 0.3 is 0 Å². The van der Waals surface area contributed by atoms with Gasteiger partial charge in [-0.15, -0.1) is 0 Å². The van der Waals surface area contributed by atoms with Crippen LogP contribution in [-0.2, 0) is 0 Å². The molecule has 0 aliphatic carbocycles. The Bertz CT molecular complexity index is 1780. The van der Waals surface area contributed by atoms with Crippen LogP contribution in [0, 0.1) is 0 Å². The van der Waals surface area contributed by atoms with Crippen LogP contribution >= 0.6 is 0 Å². The van der Waals surface area contributed by atoms with Crippen molar-refractivity contribution in [1.29, 1.82) is 0 Å². The summed E-state index contributed by atoms with van der Waals surface area (Å²) < 4.78 is 4.41. The second kappa shape index (κ2) is 6.49. The van der Waals surface area contributed by atoms with Crippen LogP contribution in [0.5, 0.6) is 0 Å². The summed E-state index contributed by atoms with van der Waals surface area (Å²) in [6, 6.07) is 31.1. The molecule has 4 aromatic heterocycles. The average molecular weight is 411 g/mol. The molecule has 0 unspecified atom stereocenters. The molecule has 0 N–H and O–H groups in total. The van der Waals surface area contributed by atoms with Crippen LogP contribution in [-0.4, -0.2) is 23.9 Å². The van der Waals surface area contributed by atoms with Gasteiger partial charge in [-0.3, -0.25) is 14.0 Å². The molecule has 0 fully saturated rings. The standard InChI is InChI=1S/C27H17N5/c1-2-9-20-18(7-1)14-15-24-26(20)32-23-12-4-3-10-22(23)30-27(32)31(24)25-13-5-11-21(29-25)19-8-6-16-28-17-19/h1-17H. The van der Waals surface area contributed by atoms with Crippen LogP contribution in [0.3, 0.4) is 0 Å². The zero-order chi connectivity index (χ0) is 21.1. The number of hydrogen-bond donors (Lipinski definition) is 0. The van der Waals surface area contributed by atoms with E-state index in [9.17, 15) is 0 Å². The first-order chi connectivity index (χ1) is 15.9. The second-order valence-electron chi connectivity index (χ2n) is 7.85. The average Bonchev–Trinajstić information content (AvgIpc) is 3.39.